The van der Waals surface area contributed by atoms with E-state index in [1.54, 1.807) is 13.2 Å². The molecule has 0 saturated heterocycles. The van der Waals surface area contributed by atoms with Crippen molar-refractivity contribution in [3.63, 3.8) is 0 Å². The van der Waals surface area contributed by atoms with Crippen molar-refractivity contribution in [2.45, 2.75) is 6.10 Å². The molecule has 0 aliphatic heterocycles. The molecule has 0 heterocycles. The second kappa shape index (κ2) is 8.00. The molecule has 0 bridgehead atoms. The molecule has 2 N–H and O–H groups in total. The molecular weight excluding hydrogens is 278 g/mol. The fourth-order valence-corrected chi connectivity index (χ4v) is 1.97. The van der Waals surface area contributed by atoms with Crippen LogP contribution in [0.3, 0.4) is 0 Å². The average molecular weight is 297 g/mol. The van der Waals surface area contributed by atoms with Crippen molar-refractivity contribution < 1.29 is 14.6 Å². The Balaban J connectivity index is 1.86. The van der Waals surface area contributed by atoms with Crippen LogP contribution in [0.2, 0.25) is 0 Å². The van der Waals surface area contributed by atoms with E-state index in [9.17, 15) is 9.90 Å². The van der Waals surface area contributed by atoms with Gasteiger partial charge in [0.05, 0.1) is 13.2 Å². The van der Waals surface area contributed by atoms with Crippen molar-refractivity contribution in [3.05, 3.63) is 71.8 Å². The Morgan fingerprint density at radius 1 is 1.23 bits per heavy atom. The van der Waals surface area contributed by atoms with Gasteiger partial charge in [-0.25, -0.2) is 0 Å². The minimum atomic E-state index is -0.713. The van der Waals surface area contributed by atoms with Crippen LogP contribution in [-0.4, -0.2) is 24.7 Å². The monoisotopic (exact) mass is 297 g/mol. The van der Waals surface area contributed by atoms with Gasteiger partial charge in [-0.1, -0.05) is 42.5 Å². The Hall–Kier alpha value is -2.59. The third kappa shape index (κ3) is 4.75. The van der Waals surface area contributed by atoms with Gasteiger partial charge >= 0.3 is 0 Å². The first-order valence-corrected chi connectivity index (χ1v) is 7.02. The maximum absolute atomic E-state index is 11.8. The van der Waals surface area contributed by atoms with E-state index in [-0.39, 0.29) is 12.5 Å². The summed E-state index contributed by atoms with van der Waals surface area (Å²) < 4.78 is 5.12. The number of amides is 1. The summed E-state index contributed by atoms with van der Waals surface area (Å²) in [6, 6.07) is 16.6. The van der Waals surface area contributed by atoms with E-state index < -0.39 is 6.10 Å². The lowest BCUT2D eigenvalue weighted by Crippen LogP contribution is -2.26. The van der Waals surface area contributed by atoms with Crippen LogP contribution in [0, 0.1) is 0 Å². The van der Waals surface area contributed by atoms with Crippen molar-refractivity contribution in [1.29, 1.82) is 0 Å². The van der Waals surface area contributed by atoms with E-state index in [2.05, 4.69) is 5.32 Å². The lowest BCUT2D eigenvalue weighted by Gasteiger charge is -2.10. The minimum absolute atomic E-state index is 0.172. The number of hydrogen-bond donors (Lipinski definition) is 2. The topological polar surface area (TPSA) is 58.6 Å². The Kier molecular flexibility index (Phi) is 5.74. The third-order valence-corrected chi connectivity index (χ3v) is 3.17. The highest BCUT2D eigenvalue weighted by Gasteiger charge is 2.07. The smallest absolute Gasteiger partial charge is 0.244 e. The zero-order chi connectivity index (χ0) is 15.8. The molecule has 22 heavy (non-hydrogen) atoms. The van der Waals surface area contributed by atoms with Crippen LogP contribution >= 0.6 is 0 Å². The molecule has 0 radical (unpaired) electrons. The van der Waals surface area contributed by atoms with Crippen LogP contribution in [0.5, 0.6) is 5.75 Å². The van der Waals surface area contributed by atoms with Crippen LogP contribution in [0.1, 0.15) is 17.2 Å². The van der Waals surface area contributed by atoms with E-state index in [1.807, 2.05) is 54.6 Å². The summed E-state index contributed by atoms with van der Waals surface area (Å²) in [6.07, 6.45) is 2.43. The Morgan fingerprint density at radius 2 is 2.00 bits per heavy atom. The summed E-state index contributed by atoms with van der Waals surface area (Å²) >= 11 is 0. The number of aliphatic hydroxyl groups excluding tert-OH is 1. The van der Waals surface area contributed by atoms with Crippen molar-refractivity contribution in [2.24, 2.45) is 0 Å². The highest BCUT2D eigenvalue weighted by Crippen LogP contribution is 2.13. The van der Waals surface area contributed by atoms with E-state index >= 15 is 0 Å². The molecular formula is C18H19NO3. The minimum Gasteiger partial charge on any atom is -0.497 e. The normalized spacial score (nSPS) is 12.1. The molecule has 2 aromatic carbocycles. The van der Waals surface area contributed by atoms with Crippen molar-refractivity contribution >= 4 is 12.0 Å². The first-order chi connectivity index (χ1) is 10.7. The van der Waals surface area contributed by atoms with Crippen molar-refractivity contribution in [1.82, 2.24) is 5.32 Å². The molecule has 114 valence electrons. The molecule has 4 heteroatoms. The number of carbonyl (C=O) groups excluding carboxylic acids is 1. The summed E-state index contributed by atoms with van der Waals surface area (Å²) in [5.41, 5.74) is 1.65. The zero-order valence-electron chi connectivity index (χ0n) is 12.4. The highest BCUT2D eigenvalue weighted by atomic mass is 16.5. The van der Waals surface area contributed by atoms with Gasteiger partial charge in [0.25, 0.3) is 0 Å². The second-order valence-electron chi connectivity index (χ2n) is 4.78. The van der Waals surface area contributed by atoms with Crippen molar-refractivity contribution in [2.75, 3.05) is 13.7 Å². The first kappa shape index (κ1) is 15.8. The zero-order valence-corrected chi connectivity index (χ0v) is 12.4. The number of hydrogen-bond acceptors (Lipinski definition) is 3. The Morgan fingerprint density at radius 3 is 2.73 bits per heavy atom. The maximum Gasteiger partial charge on any atom is 0.244 e. The van der Waals surface area contributed by atoms with E-state index in [4.69, 9.17) is 4.74 Å². The van der Waals surface area contributed by atoms with Gasteiger partial charge in [0, 0.05) is 12.6 Å². The van der Waals surface area contributed by atoms with Gasteiger partial charge in [0.1, 0.15) is 5.75 Å². The number of benzene rings is 2. The fourth-order valence-electron chi connectivity index (χ4n) is 1.97. The number of carbonyl (C=O) groups is 1. The largest absolute Gasteiger partial charge is 0.497 e. The molecule has 1 unspecified atom stereocenters. The molecule has 0 fully saturated rings. The van der Waals surface area contributed by atoms with Gasteiger partial charge < -0.3 is 15.2 Å². The predicted molar refractivity (Wildman–Crippen MR) is 86.4 cm³/mol. The quantitative estimate of drug-likeness (QED) is 0.806. The van der Waals surface area contributed by atoms with Gasteiger partial charge in [0.15, 0.2) is 0 Å². The lowest BCUT2D eigenvalue weighted by molar-refractivity contribution is -0.116. The Labute approximate surface area is 130 Å². The van der Waals surface area contributed by atoms with Crippen LogP contribution < -0.4 is 10.1 Å². The molecule has 2 aromatic rings. The standard InChI is InChI=1S/C18H19NO3/c1-22-16-9-5-6-14(12-16)10-11-18(21)19-13-17(20)15-7-3-2-4-8-15/h2-12,17,20H,13H2,1H3,(H,19,21)/b11-10+. The van der Waals surface area contributed by atoms with Gasteiger partial charge in [-0.15, -0.1) is 0 Å². The summed E-state index contributed by atoms with van der Waals surface area (Å²) in [6.45, 7) is 0.172. The number of rotatable bonds is 6. The number of nitrogens with one attached hydrogen (secondary N) is 1. The van der Waals surface area contributed by atoms with Crippen LogP contribution in [0.15, 0.2) is 60.7 Å². The maximum atomic E-state index is 11.8. The molecule has 1 amide bonds. The highest BCUT2D eigenvalue weighted by molar-refractivity contribution is 5.91. The molecule has 1 atom stereocenters. The third-order valence-electron chi connectivity index (χ3n) is 3.17. The number of ether oxygens (including phenoxy) is 1. The van der Waals surface area contributed by atoms with Gasteiger partial charge in [0.2, 0.25) is 5.91 Å². The van der Waals surface area contributed by atoms with E-state index in [0.29, 0.717) is 0 Å². The summed E-state index contributed by atoms with van der Waals surface area (Å²) in [5, 5.41) is 12.6. The molecule has 4 nitrogen and oxygen atoms in total. The molecule has 0 saturated carbocycles. The van der Waals surface area contributed by atoms with Crippen LogP contribution in [-0.2, 0) is 4.79 Å². The average Bonchev–Trinajstić information content (AvgIpc) is 2.58. The summed E-state index contributed by atoms with van der Waals surface area (Å²) in [5.74, 6) is 0.486. The van der Waals surface area contributed by atoms with E-state index in [0.717, 1.165) is 16.9 Å². The van der Waals surface area contributed by atoms with Crippen molar-refractivity contribution in [3.8, 4) is 5.75 Å². The summed E-state index contributed by atoms with van der Waals surface area (Å²) in [4.78, 5) is 11.8. The first-order valence-electron chi connectivity index (χ1n) is 7.02. The molecule has 0 spiro atoms. The van der Waals surface area contributed by atoms with Gasteiger partial charge in [-0.2, -0.15) is 0 Å². The molecule has 0 aliphatic rings. The van der Waals surface area contributed by atoms with Gasteiger partial charge in [-0.05, 0) is 29.3 Å². The second-order valence-corrected chi connectivity index (χ2v) is 4.78. The predicted octanol–water partition coefficient (Wildman–Crippen LogP) is 2.56. The van der Waals surface area contributed by atoms with Gasteiger partial charge in [-0.3, -0.25) is 4.79 Å². The Bertz CT molecular complexity index is 638. The number of methoxy groups -OCH3 is 1. The van der Waals surface area contributed by atoms with E-state index in [1.165, 1.54) is 6.08 Å². The molecule has 0 aliphatic carbocycles. The van der Waals surface area contributed by atoms with Crippen LogP contribution in [0.25, 0.3) is 6.08 Å². The molecule has 2 rings (SSSR count). The summed E-state index contributed by atoms with van der Waals surface area (Å²) in [7, 11) is 1.60. The number of aliphatic hydroxyl groups is 1. The lowest BCUT2D eigenvalue weighted by atomic mass is 10.1. The fraction of sp³-hybridized carbons (Fsp3) is 0.167. The van der Waals surface area contributed by atoms with Crippen LogP contribution in [0.4, 0.5) is 0 Å². The SMILES string of the molecule is COc1cccc(/C=C/C(=O)NCC(O)c2ccccc2)c1. The molecule has 0 aromatic heterocycles.